The molecule has 0 spiro atoms. The van der Waals surface area contributed by atoms with Crippen molar-refractivity contribution >= 4 is 33.6 Å². The fourth-order valence-corrected chi connectivity index (χ4v) is 4.62. The number of rotatable bonds is 4. The Morgan fingerprint density at radius 1 is 1.52 bits per heavy atom. The molecule has 9 nitrogen and oxygen atoms in total. The molecule has 2 heterocycles. The monoisotopic (exact) mass is 333 g/mol. The highest BCUT2D eigenvalue weighted by atomic mass is 32.2. The topological polar surface area (TPSA) is 131 Å². The van der Waals surface area contributed by atoms with Gasteiger partial charge in [0.15, 0.2) is 6.20 Å². The second-order valence-corrected chi connectivity index (χ2v) is 7.19. The largest absolute Gasteiger partial charge is 0.480 e. The third-order valence-electron chi connectivity index (χ3n) is 2.88. The SMILES string of the molecule is O=C(O)C1CSCCN1S(=O)(=O)c1ccc([N+](=O)[O-])nc1. The minimum absolute atomic E-state index is 0.0704. The first-order valence-corrected chi connectivity index (χ1v) is 8.36. The molecule has 1 unspecified atom stereocenters. The highest BCUT2D eigenvalue weighted by molar-refractivity contribution is 7.99. The van der Waals surface area contributed by atoms with Gasteiger partial charge in [-0.15, -0.1) is 0 Å². The van der Waals surface area contributed by atoms with Crippen LogP contribution in [-0.4, -0.2) is 57.8 Å². The van der Waals surface area contributed by atoms with Crippen molar-refractivity contribution in [1.29, 1.82) is 0 Å². The lowest BCUT2D eigenvalue weighted by Gasteiger charge is -2.31. The fraction of sp³-hybridized carbons (Fsp3) is 0.400. The Kier molecular flexibility index (Phi) is 4.44. The highest BCUT2D eigenvalue weighted by Gasteiger charge is 2.38. The summed E-state index contributed by atoms with van der Waals surface area (Å²) in [6.45, 7) is 0.0704. The van der Waals surface area contributed by atoms with E-state index in [4.69, 9.17) is 5.11 Å². The molecule has 1 N–H and O–H groups in total. The van der Waals surface area contributed by atoms with E-state index in [0.29, 0.717) is 5.75 Å². The molecule has 1 atom stereocenters. The van der Waals surface area contributed by atoms with Crippen LogP contribution in [0, 0.1) is 10.1 Å². The number of thioether (sulfide) groups is 1. The van der Waals surface area contributed by atoms with Gasteiger partial charge in [-0.2, -0.15) is 16.1 Å². The van der Waals surface area contributed by atoms with Crippen molar-refractivity contribution in [3.8, 4) is 0 Å². The van der Waals surface area contributed by atoms with Gasteiger partial charge in [0, 0.05) is 24.1 Å². The number of nitrogens with zero attached hydrogens (tertiary/aromatic N) is 3. The lowest BCUT2D eigenvalue weighted by molar-refractivity contribution is -0.389. The van der Waals surface area contributed by atoms with E-state index in [-0.39, 0.29) is 17.2 Å². The minimum atomic E-state index is -4.04. The van der Waals surface area contributed by atoms with Gasteiger partial charge in [0.2, 0.25) is 10.0 Å². The smallest absolute Gasteiger partial charge is 0.363 e. The Bertz CT molecular complexity index is 660. The normalized spacial score (nSPS) is 20.1. The first kappa shape index (κ1) is 15.7. The molecule has 0 radical (unpaired) electrons. The highest BCUT2D eigenvalue weighted by Crippen LogP contribution is 2.25. The van der Waals surface area contributed by atoms with E-state index in [0.717, 1.165) is 22.6 Å². The Balaban J connectivity index is 2.35. The maximum Gasteiger partial charge on any atom is 0.363 e. The number of carboxylic acid groups (broad SMARTS) is 1. The van der Waals surface area contributed by atoms with Crippen LogP contribution in [-0.2, 0) is 14.8 Å². The van der Waals surface area contributed by atoms with E-state index in [1.165, 1.54) is 11.8 Å². The number of carbonyl (C=O) groups is 1. The number of hydrogen-bond donors (Lipinski definition) is 1. The molecule has 1 fully saturated rings. The third-order valence-corrected chi connectivity index (χ3v) is 5.79. The molecular formula is C10H11N3O6S2. The first-order chi connectivity index (χ1) is 9.84. The molecule has 1 aromatic rings. The number of aromatic nitrogens is 1. The van der Waals surface area contributed by atoms with Crippen molar-refractivity contribution in [2.45, 2.75) is 10.9 Å². The fourth-order valence-electron chi connectivity index (χ4n) is 1.84. The summed E-state index contributed by atoms with van der Waals surface area (Å²) in [6, 6.07) is 0.881. The predicted molar refractivity (Wildman–Crippen MR) is 73.5 cm³/mol. The Hall–Kier alpha value is -1.72. The Morgan fingerprint density at radius 3 is 2.76 bits per heavy atom. The van der Waals surface area contributed by atoms with Crippen LogP contribution in [0.25, 0.3) is 0 Å². The van der Waals surface area contributed by atoms with Crippen LogP contribution in [0.5, 0.6) is 0 Å². The van der Waals surface area contributed by atoms with Gasteiger partial charge in [0.1, 0.15) is 10.9 Å². The minimum Gasteiger partial charge on any atom is -0.480 e. The molecule has 11 heteroatoms. The van der Waals surface area contributed by atoms with Gasteiger partial charge in [0.25, 0.3) is 0 Å². The molecule has 0 bridgehead atoms. The number of pyridine rings is 1. The summed E-state index contributed by atoms with van der Waals surface area (Å²) in [5.41, 5.74) is 0. The maximum absolute atomic E-state index is 12.4. The zero-order chi connectivity index (χ0) is 15.6. The Labute approximate surface area is 124 Å². The average molecular weight is 333 g/mol. The van der Waals surface area contributed by atoms with Crippen molar-refractivity contribution in [3.63, 3.8) is 0 Å². The van der Waals surface area contributed by atoms with Crippen molar-refractivity contribution in [2.75, 3.05) is 18.1 Å². The van der Waals surface area contributed by atoms with E-state index in [1.54, 1.807) is 0 Å². The van der Waals surface area contributed by atoms with E-state index >= 15 is 0 Å². The third kappa shape index (κ3) is 3.14. The van der Waals surface area contributed by atoms with E-state index < -0.39 is 32.8 Å². The lowest BCUT2D eigenvalue weighted by Crippen LogP contribution is -2.50. The van der Waals surface area contributed by atoms with Gasteiger partial charge in [-0.25, -0.2) is 8.42 Å². The van der Waals surface area contributed by atoms with Gasteiger partial charge in [-0.1, -0.05) is 0 Å². The molecule has 0 aliphatic carbocycles. The lowest BCUT2D eigenvalue weighted by atomic mass is 10.3. The van der Waals surface area contributed by atoms with Gasteiger partial charge in [-0.05, 0) is 16.0 Å². The predicted octanol–water partition coefficient (Wildman–Crippen LogP) is 0.180. The molecule has 1 saturated heterocycles. The number of aliphatic carboxylic acids is 1. The molecule has 1 aliphatic rings. The number of carboxylic acids is 1. The van der Waals surface area contributed by atoms with Crippen molar-refractivity contribution < 1.29 is 23.2 Å². The summed E-state index contributed by atoms with van der Waals surface area (Å²) in [5.74, 6) is -1.04. The average Bonchev–Trinajstić information content (AvgIpc) is 2.47. The van der Waals surface area contributed by atoms with Gasteiger partial charge < -0.3 is 15.2 Å². The zero-order valence-corrected chi connectivity index (χ0v) is 12.2. The number of sulfonamides is 1. The van der Waals surface area contributed by atoms with Gasteiger partial charge >= 0.3 is 11.8 Å². The van der Waals surface area contributed by atoms with Crippen LogP contribution >= 0.6 is 11.8 Å². The van der Waals surface area contributed by atoms with Crippen LogP contribution in [0.4, 0.5) is 5.82 Å². The second-order valence-electron chi connectivity index (χ2n) is 4.15. The summed E-state index contributed by atoms with van der Waals surface area (Å²) in [7, 11) is -4.04. The van der Waals surface area contributed by atoms with Crippen LogP contribution in [0.15, 0.2) is 23.2 Å². The maximum atomic E-state index is 12.4. The molecule has 0 saturated carbocycles. The quantitative estimate of drug-likeness (QED) is 0.610. The molecule has 114 valence electrons. The van der Waals surface area contributed by atoms with Crippen molar-refractivity contribution in [2.24, 2.45) is 0 Å². The molecule has 0 amide bonds. The van der Waals surface area contributed by atoms with Crippen molar-refractivity contribution in [3.05, 3.63) is 28.4 Å². The zero-order valence-electron chi connectivity index (χ0n) is 10.6. The van der Waals surface area contributed by atoms with Crippen LogP contribution < -0.4 is 0 Å². The Morgan fingerprint density at radius 2 is 2.24 bits per heavy atom. The van der Waals surface area contributed by atoms with E-state index in [2.05, 4.69) is 4.98 Å². The molecule has 1 aliphatic heterocycles. The van der Waals surface area contributed by atoms with Gasteiger partial charge in [0.05, 0.1) is 0 Å². The van der Waals surface area contributed by atoms with Crippen molar-refractivity contribution in [1.82, 2.24) is 9.29 Å². The summed E-state index contributed by atoms with van der Waals surface area (Å²) >= 11 is 1.36. The van der Waals surface area contributed by atoms with Crippen LogP contribution in [0.1, 0.15) is 0 Å². The summed E-state index contributed by atoms with van der Waals surface area (Å²) in [4.78, 5) is 24.1. The summed E-state index contributed by atoms with van der Waals surface area (Å²) in [5, 5.41) is 19.6. The molecule has 2 rings (SSSR count). The summed E-state index contributed by atoms with van der Waals surface area (Å²) < 4.78 is 25.8. The first-order valence-electron chi connectivity index (χ1n) is 5.77. The summed E-state index contributed by atoms with van der Waals surface area (Å²) in [6.07, 6.45) is 0.869. The number of nitro groups is 1. The molecule has 1 aromatic heterocycles. The van der Waals surface area contributed by atoms with Crippen LogP contribution in [0.3, 0.4) is 0 Å². The standard InChI is InChI=1S/C10H11N3O6S2/c14-10(15)8-6-20-4-3-12(8)21(18,19)7-1-2-9(11-5-7)13(16)17/h1-2,5,8H,3-4,6H2,(H,14,15). The molecule has 21 heavy (non-hydrogen) atoms. The van der Waals surface area contributed by atoms with Crippen LogP contribution in [0.2, 0.25) is 0 Å². The molecule has 0 aromatic carbocycles. The molecular weight excluding hydrogens is 322 g/mol. The number of hydrogen-bond acceptors (Lipinski definition) is 7. The second kappa shape index (κ2) is 5.95. The van der Waals surface area contributed by atoms with E-state index in [1.807, 2.05) is 0 Å². The van der Waals surface area contributed by atoms with E-state index in [9.17, 15) is 23.3 Å². The van der Waals surface area contributed by atoms with Gasteiger partial charge in [-0.3, -0.25) is 4.79 Å².